The first-order valence-electron chi connectivity index (χ1n) is 9.69. The Hall–Kier alpha value is -3.81. The highest BCUT2D eigenvalue weighted by Gasteiger charge is 2.35. The van der Waals surface area contributed by atoms with E-state index in [-0.39, 0.29) is 30.6 Å². The van der Waals surface area contributed by atoms with Gasteiger partial charge in [0.15, 0.2) is 23.4 Å². The van der Waals surface area contributed by atoms with E-state index in [1.807, 2.05) is 0 Å². The van der Waals surface area contributed by atoms with Gasteiger partial charge in [-0.25, -0.2) is 4.39 Å². The minimum atomic E-state index is -0.826. The number of halogens is 1. The van der Waals surface area contributed by atoms with E-state index in [2.05, 4.69) is 0 Å². The van der Waals surface area contributed by atoms with E-state index in [9.17, 15) is 14.0 Å². The number of carbonyl (C=O) groups excluding carboxylic acids is 2. The summed E-state index contributed by atoms with van der Waals surface area (Å²) >= 11 is 0. The number of likely N-dealkylation sites (N-methyl/N-ethyl adjacent to an activating group) is 1. The highest BCUT2D eigenvalue weighted by molar-refractivity contribution is 6.06. The van der Waals surface area contributed by atoms with Gasteiger partial charge in [-0.2, -0.15) is 0 Å². The summed E-state index contributed by atoms with van der Waals surface area (Å²) in [6.45, 7) is 0.0181. The Balaban J connectivity index is 1.53. The summed E-state index contributed by atoms with van der Waals surface area (Å²) in [6, 6.07) is 16.2. The Morgan fingerprint density at radius 3 is 2.61 bits per heavy atom. The number of rotatable bonds is 5. The highest BCUT2D eigenvalue weighted by Crippen LogP contribution is 2.34. The van der Waals surface area contributed by atoms with Crippen LogP contribution >= 0.6 is 0 Å². The number of hydrogen-bond donors (Lipinski definition) is 0. The molecule has 31 heavy (non-hydrogen) atoms. The molecule has 0 saturated carbocycles. The fraction of sp³-hybridized carbons (Fsp3) is 0.217. The molecule has 2 heterocycles. The van der Waals surface area contributed by atoms with Gasteiger partial charge in [-0.3, -0.25) is 14.5 Å². The van der Waals surface area contributed by atoms with Crippen LogP contribution in [-0.2, 0) is 11.4 Å². The van der Waals surface area contributed by atoms with Crippen molar-refractivity contribution in [2.45, 2.75) is 12.7 Å². The van der Waals surface area contributed by atoms with E-state index in [1.54, 1.807) is 56.6 Å². The minimum absolute atomic E-state index is 0.0321. The zero-order valence-corrected chi connectivity index (χ0v) is 17.1. The number of nitrogens with zero attached hydrogens (tertiary/aromatic N) is 2. The number of ether oxygens (including phenoxy) is 2. The van der Waals surface area contributed by atoms with Crippen molar-refractivity contribution in [3.63, 3.8) is 0 Å². The van der Waals surface area contributed by atoms with Gasteiger partial charge in [0.1, 0.15) is 18.1 Å². The van der Waals surface area contributed by atoms with Gasteiger partial charge in [0.2, 0.25) is 0 Å². The number of hydrogen-bond acceptors (Lipinski definition) is 5. The molecule has 0 spiro atoms. The standard InChI is InChI=1S/C23H21FN2O5/c1-25(2)22(27)21-13-26(17-8-4-6-10-19(17)31-21)23(28)20-12-11-15(30-20)14-29-18-9-5-3-7-16(18)24/h3-12,21H,13-14H2,1-2H3/t21-/m1/s1. The third-order valence-corrected chi connectivity index (χ3v) is 4.81. The van der Waals surface area contributed by atoms with Crippen molar-refractivity contribution in [3.05, 3.63) is 78.0 Å². The number of anilines is 1. The molecular weight excluding hydrogens is 403 g/mol. The average Bonchev–Trinajstić information content (AvgIpc) is 3.25. The smallest absolute Gasteiger partial charge is 0.294 e. The fourth-order valence-electron chi connectivity index (χ4n) is 3.26. The molecule has 0 fully saturated rings. The van der Waals surface area contributed by atoms with Gasteiger partial charge >= 0.3 is 0 Å². The molecule has 3 aromatic rings. The van der Waals surface area contributed by atoms with Gasteiger partial charge < -0.3 is 18.8 Å². The monoisotopic (exact) mass is 424 g/mol. The van der Waals surface area contributed by atoms with Gasteiger partial charge in [0, 0.05) is 14.1 Å². The van der Waals surface area contributed by atoms with Crippen molar-refractivity contribution in [3.8, 4) is 11.5 Å². The summed E-state index contributed by atoms with van der Waals surface area (Å²) in [5.41, 5.74) is 0.552. The Bertz CT molecular complexity index is 1110. The maximum absolute atomic E-state index is 13.7. The largest absolute Gasteiger partial charge is 0.483 e. The highest BCUT2D eigenvalue weighted by atomic mass is 19.1. The van der Waals surface area contributed by atoms with Crippen LogP contribution in [0.15, 0.2) is 65.1 Å². The molecule has 8 heteroatoms. The number of carbonyl (C=O) groups is 2. The number of para-hydroxylation sites is 3. The van der Waals surface area contributed by atoms with E-state index in [4.69, 9.17) is 13.9 Å². The Labute approximate surface area is 178 Å². The van der Waals surface area contributed by atoms with Crippen LogP contribution in [0.2, 0.25) is 0 Å². The van der Waals surface area contributed by atoms with E-state index >= 15 is 0 Å². The van der Waals surface area contributed by atoms with Crippen LogP contribution in [0.5, 0.6) is 11.5 Å². The molecule has 2 aromatic carbocycles. The molecule has 0 radical (unpaired) electrons. The SMILES string of the molecule is CN(C)C(=O)[C@H]1CN(C(=O)c2ccc(COc3ccccc3F)o2)c2ccccc2O1. The van der Waals surface area contributed by atoms with Crippen molar-refractivity contribution in [1.82, 2.24) is 4.90 Å². The first-order valence-corrected chi connectivity index (χ1v) is 9.69. The lowest BCUT2D eigenvalue weighted by Gasteiger charge is -2.34. The molecule has 0 aliphatic carbocycles. The Kier molecular flexibility index (Phi) is 5.62. The number of benzene rings is 2. The lowest BCUT2D eigenvalue weighted by molar-refractivity contribution is -0.135. The Morgan fingerprint density at radius 2 is 1.84 bits per heavy atom. The van der Waals surface area contributed by atoms with Crippen molar-refractivity contribution in [2.24, 2.45) is 0 Å². The first-order chi connectivity index (χ1) is 14.9. The van der Waals surface area contributed by atoms with Crippen molar-refractivity contribution < 1.29 is 27.9 Å². The second kappa shape index (κ2) is 8.51. The number of fused-ring (bicyclic) bond motifs is 1. The summed E-state index contributed by atoms with van der Waals surface area (Å²) in [5, 5.41) is 0. The number of furan rings is 1. The van der Waals surface area contributed by atoms with E-state index in [0.717, 1.165) is 0 Å². The summed E-state index contributed by atoms with van der Waals surface area (Å²) in [7, 11) is 3.26. The maximum atomic E-state index is 13.7. The molecule has 1 aliphatic heterocycles. The summed E-state index contributed by atoms with van der Waals surface area (Å²) in [5.74, 6) is -0.146. The van der Waals surface area contributed by atoms with Gasteiger partial charge in [-0.05, 0) is 36.4 Å². The lowest BCUT2D eigenvalue weighted by atomic mass is 10.1. The van der Waals surface area contributed by atoms with E-state index in [0.29, 0.717) is 17.2 Å². The minimum Gasteiger partial charge on any atom is -0.483 e. The van der Waals surface area contributed by atoms with Gasteiger partial charge in [0.25, 0.3) is 11.8 Å². The molecule has 2 amide bonds. The molecule has 0 unspecified atom stereocenters. The summed E-state index contributed by atoms with van der Waals surface area (Å²) < 4.78 is 30.6. The Morgan fingerprint density at radius 1 is 1.10 bits per heavy atom. The van der Waals surface area contributed by atoms with Crippen molar-refractivity contribution in [2.75, 3.05) is 25.5 Å². The first kappa shape index (κ1) is 20.5. The van der Waals surface area contributed by atoms with Gasteiger partial charge in [0.05, 0.1) is 12.2 Å². The van der Waals surface area contributed by atoms with E-state index in [1.165, 1.54) is 28.0 Å². The predicted molar refractivity (Wildman–Crippen MR) is 111 cm³/mol. The molecule has 1 aliphatic rings. The van der Waals surface area contributed by atoms with Crippen LogP contribution in [0.1, 0.15) is 16.3 Å². The maximum Gasteiger partial charge on any atom is 0.294 e. The van der Waals surface area contributed by atoms with Crippen LogP contribution in [0.4, 0.5) is 10.1 Å². The number of amides is 2. The topological polar surface area (TPSA) is 72.2 Å². The van der Waals surface area contributed by atoms with E-state index < -0.39 is 17.8 Å². The van der Waals surface area contributed by atoms with Crippen LogP contribution in [-0.4, -0.2) is 43.5 Å². The molecule has 160 valence electrons. The molecular formula is C23H21FN2O5. The second-order valence-electron chi connectivity index (χ2n) is 7.21. The predicted octanol–water partition coefficient (Wildman–Crippen LogP) is 3.49. The van der Waals surface area contributed by atoms with Crippen molar-refractivity contribution >= 4 is 17.5 Å². The third-order valence-electron chi connectivity index (χ3n) is 4.81. The zero-order chi connectivity index (χ0) is 22.0. The van der Waals surface area contributed by atoms with Crippen LogP contribution in [0.3, 0.4) is 0 Å². The molecule has 0 N–H and O–H groups in total. The molecule has 1 atom stereocenters. The summed E-state index contributed by atoms with van der Waals surface area (Å²) in [6.07, 6.45) is -0.826. The molecule has 4 rings (SSSR count). The van der Waals surface area contributed by atoms with Crippen molar-refractivity contribution in [1.29, 1.82) is 0 Å². The molecule has 1 aromatic heterocycles. The zero-order valence-electron chi connectivity index (χ0n) is 17.1. The summed E-state index contributed by atoms with van der Waals surface area (Å²) in [4.78, 5) is 28.5. The molecule has 0 bridgehead atoms. The average molecular weight is 424 g/mol. The lowest BCUT2D eigenvalue weighted by Crippen LogP contribution is -2.50. The second-order valence-corrected chi connectivity index (χ2v) is 7.21. The normalized spacial score (nSPS) is 15.1. The quantitative estimate of drug-likeness (QED) is 0.627. The van der Waals surface area contributed by atoms with Crippen LogP contribution in [0, 0.1) is 5.82 Å². The fourth-order valence-corrected chi connectivity index (χ4v) is 3.26. The molecule has 7 nitrogen and oxygen atoms in total. The van der Waals surface area contributed by atoms with Gasteiger partial charge in [-0.1, -0.05) is 24.3 Å². The van der Waals surface area contributed by atoms with Crippen LogP contribution in [0.25, 0.3) is 0 Å². The van der Waals surface area contributed by atoms with Gasteiger partial charge in [-0.15, -0.1) is 0 Å². The third kappa shape index (κ3) is 4.23. The van der Waals surface area contributed by atoms with Crippen LogP contribution < -0.4 is 14.4 Å². The molecule has 0 saturated heterocycles.